The Morgan fingerprint density at radius 2 is 1.91 bits per heavy atom. The van der Waals surface area contributed by atoms with E-state index in [-0.39, 0.29) is 5.43 Å². The lowest BCUT2D eigenvalue weighted by molar-refractivity contribution is -0.103. The standard InChI is InChI=1S/C20H19FN2O4S.C4H4O/c1-22-2-7-26-17-9-14(21)12(8-15(17)22)13-11-28-20-16(24)10-18(27-19(13)20)23-3-5-25-6-4-23;1-2-3-4-5/h8-11H,2-7H2,1H3;4H,1H3. The molecule has 9 heteroatoms. The molecule has 1 saturated heterocycles. The first-order valence-electron chi connectivity index (χ1n) is 10.4. The molecule has 0 radical (unpaired) electrons. The monoisotopic (exact) mass is 470 g/mol. The number of hydrogen-bond acceptors (Lipinski definition) is 8. The van der Waals surface area contributed by atoms with Gasteiger partial charge in [0.05, 0.1) is 25.4 Å². The SMILES string of the molecule is CC#CC=O.CN1CCOc2cc(F)c(-c3csc4c(=O)cc(N5CCOCC5)oc34)cc21. The molecule has 0 aliphatic carbocycles. The van der Waals surface area contributed by atoms with Gasteiger partial charge in [-0.15, -0.1) is 11.3 Å². The van der Waals surface area contributed by atoms with E-state index in [9.17, 15) is 14.0 Å². The van der Waals surface area contributed by atoms with Crippen molar-refractivity contribution in [2.24, 2.45) is 0 Å². The average molecular weight is 471 g/mol. The number of carbonyl (C=O) groups excluding carboxylic acids is 1. The number of ether oxygens (including phenoxy) is 2. The maximum atomic E-state index is 14.9. The van der Waals surface area contributed by atoms with Gasteiger partial charge in [0.1, 0.15) is 22.9 Å². The van der Waals surface area contributed by atoms with Crippen LogP contribution < -0.4 is 20.0 Å². The molecule has 1 aromatic carbocycles. The first-order valence-corrected chi connectivity index (χ1v) is 11.3. The Labute approximate surface area is 194 Å². The van der Waals surface area contributed by atoms with Crippen LogP contribution in [-0.4, -0.2) is 52.8 Å². The highest BCUT2D eigenvalue weighted by molar-refractivity contribution is 7.17. The summed E-state index contributed by atoms with van der Waals surface area (Å²) >= 11 is 1.28. The maximum Gasteiger partial charge on any atom is 0.204 e. The molecule has 0 atom stereocenters. The van der Waals surface area contributed by atoms with Crippen molar-refractivity contribution >= 4 is 39.5 Å². The summed E-state index contributed by atoms with van der Waals surface area (Å²) in [6.45, 7) is 5.37. The second-order valence-corrected chi connectivity index (χ2v) is 8.32. The highest BCUT2D eigenvalue weighted by Crippen LogP contribution is 2.41. The van der Waals surface area contributed by atoms with Gasteiger partial charge in [0, 0.05) is 48.8 Å². The van der Waals surface area contributed by atoms with Crippen molar-refractivity contribution in [2.75, 3.05) is 56.3 Å². The summed E-state index contributed by atoms with van der Waals surface area (Å²) in [5.41, 5.74) is 2.14. The molecular formula is C24H23FN2O5S. The van der Waals surface area contributed by atoms with Crippen LogP contribution in [0.4, 0.5) is 16.0 Å². The van der Waals surface area contributed by atoms with E-state index in [0.29, 0.717) is 72.2 Å². The van der Waals surface area contributed by atoms with Gasteiger partial charge in [-0.2, -0.15) is 0 Å². The van der Waals surface area contributed by atoms with Gasteiger partial charge in [0.2, 0.25) is 5.43 Å². The third kappa shape index (κ3) is 4.72. The smallest absolute Gasteiger partial charge is 0.204 e. The highest BCUT2D eigenvalue weighted by Gasteiger charge is 2.23. The number of halogens is 1. The van der Waals surface area contributed by atoms with Crippen molar-refractivity contribution in [1.82, 2.24) is 0 Å². The molecule has 2 aliphatic rings. The van der Waals surface area contributed by atoms with Crippen molar-refractivity contribution in [1.29, 1.82) is 0 Å². The molecule has 0 saturated carbocycles. The largest absolute Gasteiger partial charge is 0.489 e. The van der Waals surface area contributed by atoms with E-state index in [1.807, 2.05) is 16.8 Å². The van der Waals surface area contributed by atoms with Gasteiger partial charge < -0.3 is 23.7 Å². The van der Waals surface area contributed by atoms with Crippen LogP contribution in [-0.2, 0) is 9.53 Å². The van der Waals surface area contributed by atoms with E-state index in [2.05, 4.69) is 11.8 Å². The topological polar surface area (TPSA) is 72.2 Å². The predicted octanol–water partition coefficient (Wildman–Crippen LogP) is 3.53. The molecule has 4 heterocycles. The molecule has 0 N–H and O–H groups in total. The van der Waals surface area contributed by atoms with Gasteiger partial charge in [0.15, 0.2) is 17.8 Å². The first-order chi connectivity index (χ1) is 16.0. The summed E-state index contributed by atoms with van der Waals surface area (Å²) in [7, 11) is 1.95. The molecule has 7 nitrogen and oxygen atoms in total. The van der Waals surface area contributed by atoms with Crippen molar-refractivity contribution in [3.05, 3.63) is 39.6 Å². The van der Waals surface area contributed by atoms with E-state index in [1.165, 1.54) is 23.5 Å². The van der Waals surface area contributed by atoms with Gasteiger partial charge in [-0.1, -0.05) is 5.92 Å². The summed E-state index contributed by atoms with van der Waals surface area (Å²) in [4.78, 5) is 25.9. The normalized spacial score (nSPS) is 15.0. The van der Waals surface area contributed by atoms with Gasteiger partial charge in [-0.25, -0.2) is 4.39 Å². The molecule has 172 valence electrons. The van der Waals surface area contributed by atoms with Gasteiger partial charge >= 0.3 is 0 Å². The first kappa shape index (κ1) is 22.8. The summed E-state index contributed by atoms with van der Waals surface area (Å²) in [5, 5.41) is 1.78. The van der Waals surface area contributed by atoms with Crippen molar-refractivity contribution in [3.63, 3.8) is 0 Å². The van der Waals surface area contributed by atoms with E-state index >= 15 is 0 Å². The molecule has 2 aromatic heterocycles. The summed E-state index contributed by atoms with van der Waals surface area (Å²) in [6, 6.07) is 4.69. The third-order valence-corrected chi connectivity index (χ3v) is 6.37. The summed E-state index contributed by atoms with van der Waals surface area (Å²) in [6.07, 6.45) is 0.569. The van der Waals surface area contributed by atoms with Gasteiger partial charge in [-0.05, 0) is 18.9 Å². The maximum absolute atomic E-state index is 14.9. The number of aldehydes is 1. The van der Waals surface area contributed by atoms with Crippen LogP contribution in [0.25, 0.3) is 21.4 Å². The van der Waals surface area contributed by atoms with Crippen LogP contribution >= 0.6 is 11.3 Å². The minimum absolute atomic E-state index is 0.113. The predicted molar refractivity (Wildman–Crippen MR) is 127 cm³/mol. The summed E-state index contributed by atoms with van der Waals surface area (Å²) in [5.74, 6) is 5.22. The lowest BCUT2D eigenvalue weighted by Crippen LogP contribution is -2.36. The van der Waals surface area contributed by atoms with Gasteiger partial charge in [0.25, 0.3) is 0 Å². The fourth-order valence-electron chi connectivity index (χ4n) is 3.69. The number of likely N-dealkylation sites (N-methyl/N-ethyl adjacent to an activating group) is 1. The number of rotatable bonds is 2. The molecular weight excluding hydrogens is 447 g/mol. The second kappa shape index (κ2) is 10.1. The number of nitrogens with zero attached hydrogens (tertiary/aromatic N) is 2. The zero-order valence-corrected chi connectivity index (χ0v) is 19.2. The zero-order chi connectivity index (χ0) is 23.4. The van der Waals surface area contributed by atoms with Crippen LogP contribution in [0.15, 0.2) is 32.8 Å². The number of benzene rings is 1. The third-order valence-electron chi connectivity index (χ3n) is 5.39. The van der Waals surface area contributed by atoms with Crippen LogP contribution in [0.3, 0.4) is 0 Å². The van der Waals surface area contributed by atoms with E-state index in [1.54, 1.807) is 18.4 Å². The second-order valence-electron chi connectivity index (χ2n) is 7.44. The lowest BCUT2D eigenvalue weighted by Gasteiger charge is -2.28. The van der Waals surface area contributed by atoms with Crippen LogP contribution in [0.1, 0.15) is 6.92 Å². The Hall–Kier alpha value is -3.35. The van der Waals surface area contributed by atoms with Crippen LogP contribution in [0.2, 0.25) is 0 Å². The van der Waals surface area contributed by atoms with Crippen molar-refractivity contribution in [2.45, 2.75) is 6.92 Å². The molecule has 0 unspecified atom stereocenters. The molecule has 0 bridgehead atoms. The Kier molecular flexibility index (Phi) is 6.96. The van der Waals surface area contributed by atoms with E-state index in [0.717, 1.165) is 12.2 Å². The fourth-order valence-corrected chi connectivity index (χ4v) is 4.59. The minimum Gasteiger partial charge on any atom is -0.489 e. The Balaban J connectivity index is 0.000000471. The van der Waals surface area contributed by atoms with Crippen molar-refractivity contribution in [3.8, 4) is 28.7 Å². The van der Waals surface area contributed by atoms with Gasteiger partial charge in [-0.3, -0.25) is 9.59 Å². The number of anilines is 2. The zero-order valence-electron chi connectivity index (χ0n) is 18.4. The number of hydrogen-bond donors (Lipinski definition) is 0. The van der Waals surface area contributed by atoms with Crippen LogP contribution in [0, 0.1) is 17.7 Å². The van der Waals surface area contributed by atoms with Crippen LogP contribution in [0.5, 0.6) is 5.75 Å². The molecule has 33 heavy (non-hydrogen) atoms. The van der Waals surface area contributed by atoms with E-state index in [4.69, 9.17) is 13.9 Å². The average Bonchev–Trinajstić information content (AvgIpc) is 3.25. The molecule has 2 aliphatic heterocycles. The number of carbonyl (C=O) groups is 1. The fraction of sp³-hybridized carbons (Fsp3) is 0.333. The molecule has 0 spiro atoms. The molecule has 5 rings (SSSR count). The number of thiophene rings is 1. The van der Waals surface area contributed by atoms with Crippen molar-refractivity contribution < 1.29 is 23.1 Å². The summed E-state index contributed by atoms with van der Waals surface area (Å²) < 4.78 is 32.5. The minimum atomic E-state index is -0.395. The number of fused-ring (bicyclic) bond motifs is 2. The Morgan fingerprint density at radius 1 is 1.12 bits per heavy atom. The number of morpholine rings is 1. The highest BCUT2D eigenvalue weighted by atomic mass is 32.1. The Morgan fingerprint density at radius 3 is 2.61 bits per heavy atom. The quantitative estimate of drug-likeness (QED) is 0.419. The molecule has 0 amide bonds. The molecule has 1 fully saturated rings. The molecule has 3 aromatic rings. The lowest BCUT2D eigenvalue weighted by atomic mass is 10.0. The van der Waals surface area contributed by atoms with E-state index < -0.39 is 5.82 Å². The Bertz CT molecular complexity index is 1280.